The first-order chi connectivity index (χ1) is 16.7. The zero-order valence-corrected chi connectivity index (χ0v) is 19.1. The van der Waals surface area contributed by atoms with Crippen molar-refractivity contribution in [3.05, 3.63) is 85.1 Å². The van der Waals surface area contributed by atoms with Crippen molar-refractivity contribution in [2.75, 3.05) is 26.1 Å². The molecule has 5 aromatic rings. The average molecular weight is 468 g/mol. The van der Waals surface area contributed by atoms with E-state index in [0.717, 1.165) is 57.8 Å². The van der Waals surface area contributed by atoms with E-state index in [1.165, 1.54) is 0 Å². The number of ether oxygens (including phenoxy) is 2. The summed E-state index contributed by atoms with van der Waals surface area (Å²) in [6, 6.07) is 18.0. The number of methoxy groups -OCH3 is 2. The summed E-state index contributed by atoms with van der Waals surface area (Å²) in [4.78, 5) is 16.8. The smallest absolute Gasteiger partial charge is 0.161 e. The predicted molar refractivity (Wildman–Crippen MR) is 141 cm³/mol. The molecule has 178 valence electrons. The zero-order chi connectivity index (χ0) is 23.3. The summed E-state index contributed by atoms with van der Waals surface area (Å²) in [5, 5.41) is 4.39. The Morgan fingerprint density at radius 2 is 1.66 bits per heavy atom. The topological polar surface area (TPSA) is 85.0 Å². The number of anilines is 1. The van der Waals surface area contributed by atoms with Crippen molar-refractivity contribution < 1.29 is 9.47 Å². The molecule has 1 aromatic carbocycles. The van der Waals surface area contributed by atoms with E-state index in [-0.39, 0.29) is 7.43 Å². The highest BCUT2D eigenvalue weighted by Gasteiger charge is 2.12. The van der Waals surface area contributed by atoms with Crippen LogP contribution in [-0.4, -0.2) is 40.7 Å². The van der Waals surface area contributed by atoms with Crippen LogP contribution in [0.15, 0.2) is 79.4 Å². The molecule has 0 fully saturated rings. The summed E-state index contributed by atoms with van der Waals surface area (Å²) >= 11 is 0. The van der Waals surface area contributed by atoms with Gasteiger partial charge >= 0.3 is 0 Å². The molecule has 7 nitrogen and oxygen atoms in total. The van der Waals surface area contributed by atoms with Crippen LogP contribution >= 0.6 is 0 Å². The van der Waals surface area contributed by atoms with Gasteiger partial charge in [-0.15, -0.1) is 0 Å². The summed E-state index contributed by atoms with van der Waals surface area (Å²) in [7, 11) is 3.27. The Bertz CT molecular complexity index is 1400. The third-order valence-electron chi connectivity index (χ3n) is 5.74. The highest BCUT2D eigenvalue weighted by Crippen LogP contribution is 2.35. The molecule has 0 atom stereocenters. The van der Waals surface area contributed by atoms with Crippen molar-refractivity contribution in [3.63, 3.8) is 0 Å². The fourth-order valence-corrected chi connectivity index (χ4v) is 3.94. The maximum atomic E-state index is 5.46. The number of pyridine rings is 3. The first-order valence-corrected chi connectivity index (χ1v) is 11.0. The fourth-order valence-electron chi connectivity index (χ4n) is 3.94. The molecule has 0 aliphatic carbocycles. The maximum absolute atomic E-state index is 5.46. The number of nitrogens with one attached hydrogen (secondary N) is 2. The number of hydrogen-bond acceptors (Lipinski definition) is 6. The number of hydrogen-bond donors (Lipinski definition) is 2. The largest absolute Gasteiger partial charge is 0.493 e. The Labute approximate surface area is 205 Å². The van der Waals surface area contributed by atoms with Gasteiger partial charge in [-0.3, -0.25) is 4.98 Å². The number of fused-ring (bicyclic) bond motifs is 1. The highest BCUT2D eigenvalue weighted by molar-refractivity contribution is 5.95. The van der Waals surface area contributed by atoms with E-state index in [0.29, 0.717) is 11.5 Å². The van der Waals surface area contributed by atoms with Crippen molar-refractivity contribution in [2.45, 2.75) is 13.8 Å². The van der Waals surface area contributed by atoms with Crippen LogP contribution in [0.5, 0.6) is 11.5 Å². The van der Waals surface area contributed by atoms with Gasteiger partial charge in [0.25, 0.3) is 0 Å². The zero-order valence-electron chi connectivity index (χ0n) is 19.1. The second-order valence-electron chi connectivity index (χ2n) is 7.82. The maximum Gasteiger partial charge on any atom is 0.161 e. The van der Waals surface area contributed by atoms with Crippen molar-refractivity contribution in [1.29, 1.82) is 0 Å². The Morgan fingerprint density at radius 3 is 2.40 bits per heavy atom. The predicted octanol–water partition coefficient (Wildman–Crippen LogP) is 5.99. The van der Waals surface area contributed by atoms with E-state index < -0.39 is 0 Å². The van der Waals surface area contributed by atoms with Crippen molar-refractivity contribution >= 4 is 16.9 Å². The summed E-state index contributed by atoms with van der Waals surface area (Å²) in [5.41, 5.74) is 5.96. The van der Waals surface area contributed by atoms with Crippen LogP contribution in [0.4, 0.5) is 5.82 Å². The lowest BCUT2D eigenvalue weighted by Crippen LogP contribution is -2.06. The summed E-state index contributed by atoms with van der Waals surface area (Å²) in [6.07, 6.45) is 8.37. The number of benzene rings is 1. The lowest BCUT2D eigenvalue weighted by molar-refractivity contribution is 0.355. The van der Waals surface area contributed by atoms with Crippen molar-refractivity contribution in [1.82, 2.24) is 19.9 Å². The van der Waals surface area contributed by atoms with E-state index in [1.54, 1.807) is 14.2 Å². The molecule has 4 aromatic heterocycles. The molecule has 0 aliphatic heterocycles. The van der Waals surface area contributed by atoms with Gasteiger partial charge in [-0.1, -0.05) is 19.6 Å². The van der Waals surface area contributed by atoms with Gasteiger partial charge in [-0.05, 0) is 48.0 Å². The number of H-pyrrole nitrogens is 1. The number of aromatic amines is 1. The van der Waals surface area contributed by atoms with Crippen LogP contribution < -0.4 is 14.8 Å². The SMILES string of the molecule is C.COc1ccc(-c2cnc3[nH]cc(-c4ccc(NCCc5ccccn5)nc4)c3c2)cc1OC. The van der Waals surface area contributed by atoms with Gasteiger partial charge in [0.1, 0.15) is 11.5 Å². The van der Waals surface area contributed by atoms with Gasteiger partial charge in [0, 0.05) is 65.5 Å². The molecule has 4 heterocycles. The molecule has 0 saturated carbocycles. The third kappa shape index (κ3) is 5.09. The number of nitrogens with zero attached hydrogens (tertiary/aromatic N) is 3. The van der Waals surface area contributed by atoms with Crippen LogP contribution in [0, 0.1) is 0 Å². The minimum absolute atomic E-state index is 0. The summed E-state index contributed by atoms with van der Waals surface area (Å²) in [5.74, 6) is 2.22. The number of aromatic nitrogens is 4. The van der Waals surface area contributed by atoms with Crippen LogP contribution in [0.1, 0.15) is 13.1 Å². The quantitative estimate of drug-likeness (QED) is 0.291. The van der Waals surface area contributed by atoms with Crippen LogP contribution in [0.2, 0.25) is 0 Å². The highest BCUT2D eigenvalue weighted by atomic mass is 16.5. The van der Waals surface area contributed by atoms with E-state index in [4.69, 9.17) is 9.47 Å². The fraction of sp³-hybridized carbons (Fsp3) is 0.179. The number of rotatable bonds is 8. The molecule has 2 N–H and O–H groups in total. The lowest BCUT2D eigenvalue weighted by atomic mass is 10.0. The molecule has 35 heavy (non-hydrogen) atoms. The Balaban J connectivity index is 0.00000289. The minimum atomic E-state index is 0. The van der Waals surface area contributed by atoms with E-state index in [9.17, 15) is 0 Å². The Hall–Kier alpha value is -4.39. The third-order valence-corrected chi connectivity index (χ3v) is 5.74. The van der Waals surface area contributed by atoms with Crippen LogP contribution in [-0.2, 0) is 6.42 Å². The van der Waals surface area contributed by atoms with Crippen molar-refractivity contribution in [3.8, 4) is 33.8 Å². The minimum Gasteiger partial charge on any atom is -0.493 e. The molecule has 0 saturated heterocycles. The molecule has 0 amide bonds. The molecule has 0 radical (unpaired) electrons. The molecular formula is C28H29N5O2. The second kappa shape index (κ2) is 10.7. The summed E-state index contributed by atoms with van der Waals surface area (Å²) in [6.45, 7) is 0.773. The second-order valence-corrected chi connectivity index (χ2v) is 7.82. The van der Waals surface area contributed by atoms with Gasteiger partial charge in [-0.2, -0.15) is 0 Å². The Kier molecular flexibility index (Phi) is 7.26. The first kappa shape index (κ1) is 23.8. The molecule has 0 aliphatic rings. The Morgan fingerprint density at radius 1 is 0.829 bits per heavy atom. The van der Waals surface area contributed by atoms with Gasteiger partial charge in [0.05, 0.1) is 14.2 Å². The normalized spacial score (nSPS) is 10.6. The van der Waals surface area contributed by atoms with E-state index in [2.05, 4.69) is 37.4 Å². The van der Waals surface area contributed by atoms with Crippen LogP contribution in [0.3, 0.4) is 0 Å². The summed E-state index contributed by atoms with van der Waals surface area (Å²) < 4.78 is 10.8. The molecular weight excluding hydrogens is 438 g/mol. The van der Waals surface area contributed by atoms with Gasteiger partial charge in [0.15, 0.2) is 11.5 Å². The van der Waals surface area contributed by atoms with E-state index in [1.807, 2.05) is 67.3 Å². The molecule has 7 heteroatoms. The monoisotopic (exact) mass is 467 g/mol. The van der Waals surface area contributed by atoms with Gasteiger partial charge < -0.3 is 19.8 Å². The molecule has 5 rings (SSSR count). The average Bonchev–Trinajstić information content (AvgIpc) is 3.32. The van der Waals surface area contributed by atoms with Gasteiger partial charge in [0.2, 0.25) is 0 Å². The molecule has 0 spiro atoms. The van der Waals surface area contributed by atoms with E-state index >= 15 is 0 Å². The van der Waals surface area contributed by atoms with Gasteiger partial charge in [-0.25, -0.2) is 9.97 Å². The lowest BCUT2D eigenvalue weighted by Gasteiger charge is -2.10. The van der Waals surface area contributed by atoms with Crippen LogP contribution in [0.25, 0.3) is 33.3 Å². The molecule has 0 unspecified atom stereocenters. The molecule has 0 bridgehead atoms. The first-order valence-electron chi connectivity index (χ1n) is 11.0. The van der Waals surface area contributed by atoms with Crippen molar-refractivity contribution in [2.24, 2.45) is 0 Å². The standard InChI is InChI=1S/C27H25N5O2.CH4/c1-33-24-8-6-18(14-25(24)34-2)20-13-22-23(17-32-27(22)31-16-20)19-7-9-26(30-15-19)29-12-10-21-5-3-4-11-28-21;/h3-9,11,13-17H,10,12H2,1-2H3,(H,29,30)(H,31,32);1H4.